The molecule has 1 aliphatic rings. The van der Waals surface area contributed by atoms with Gasteiger partial charge in [-0.15, -0.1) is 0 Å². The van der Waals surface area contributed by atoms with Crippen molar-refractivity contribution in [2.24, 2.45) is 0 Å². The lowest BCUT2D eigenvalue weighted by atomic mass is 10.1. The molecule has 0 saturated carbocycles. The lowest BCUT2D eigenvalue weighted by Gasteiger charge is -2.36. The number of aryl methyl sites for hydroxylation is 1. The Labute approximate surface area is 163 Å². The molecule has 140 valence electrons. The number of halogens is 1. The summed E-state index contributed by atoms with van der Waals surface area (Å²) in [6.45, 7) is 5.97. The molecule has 0 unspecified atom stereocenters. The van der Waals surface area contributed by atoms with Gasteiger partial charge in [0.05, 0.1) is 12.4 Å². The molecule has 0 amide bonds. The predicted molar refractivity (Wildman–Crippen MR) is 108 cm³/mol. The van der Waals surface area contributed by atoms with E-state index in [1.165, 1.54) is 11.6 Å². The minimum atomic E-state index is -0.163. The van der Waals surface area contributed by atoms with Gasteiger partial charge in [-0.25, -0.2) is 9.07 Å². The van der Waals surface area contributed by atoms with Crippen molar-refractivity contribution in [3.63, 3.8) is 0 Å². The van der Waals surface area contributed by atoms with Crippen molar-refractivity contribution in [3.05, 3.63) is 64.7 Å². The van der Waals surface area contributed by atoms with E-state index in [1.807, 2.05) is 28.9 Å². The molecule has 1 N–H and O–H groups in total. The van der Waals surface area contributed by atoms with Gasteiger partial charge in [-0.3, -0.25) is 10.00 Å². The first-order chi connectivity index (χ1) is 13.1. The molecule has 0 atom stereocenters. The number of aromatic amines is 1. The van der Waals surface area contributed by atoms with Crippen LogP contribution in [0.4, 0.5) is 10.1 Å². The van der Waals surface area contributed by atoms with Crippen molar-refractivity contribution in [1.29, 1.82) is 0 Å². The maximum absolute atomic E-state index is 14.0. The van der Waals surface area contributed by atoms with Gasteiger partial charge in [0.2, 0.25) is 4.77 Å². The van der Waals surface area contributed by atoms with Gasteiger partial charge in [0.25, 0.3) is 0 Å². The summed E-state index contributed by atoms with van der Waals surface area (Å²) in [5.74, 6) is 0.620. The monoisotopic (exact) mass is 383 g/mol. The SMILES string of the molecule is Cc1ccc(-c2nc(=S)n(CN3CCN(c4ccccc4F)CC3)[nH]2)cc1. The Bertz CT molecular complexity index is 971. The zero-order valence-corrected chi connectivity index (χ0v) is 16.0. The molecule has 2 aromatic carbocycles. The molecule has 5 nitrogen and oxygen atoms in total. The number of H-pyrrole nitrogens is 1. The van der Waals surface area contributed by atoms with Crippen LogP contribution in [0.2, 0.25) is 0 Å². The van der Waals surface area contributed by atoms with Crippen LogP contribution in [0.5, 0.6) is 0 Å². The quantitative estimate of drug-likeness (QED) is 0.695. The molecule has 0 spiro atoms. The van der Waals surface area contributed by atoms with E-state index < -0.39 is 0 Å². The first kappa shape index (κ1) is 17.9. The Morgan fingerprint density at radius 2 is 1.74 bits per heavy atom. The second kappa shape index (κ2) is 7.62. The van der Waals surface area contributed by atoms with Gasteiger partial charge in [0.15, 0.2) is 5.82 Å². The fourth-order valence-corrected chi connectivity index (χ4v) is 3.53. The lowest BCUT2D eigenvalue weighted by Crippen LogP contribution is -2.47. The Balaban J connectivity index is 1.41. The molecule has 3 aromatic rings. The number of rotatable bonds is 4. The Hall–Kier alpha value is -2.51. The number of hydrogen-bond donors (Lipinski definition) is 1. The van der Waals surface area contributed by atoms with Gasteiger partial charge >= 0.3 is 0 Å². The summed E-state index contributed by atoms with van der Waals surface area (Å²) in [6, 6.07) is 15.2. The zero-order chi connectivity index (χ0) is 18.8. The predicted octanol–water partition coefficient (Wildman–Crippen LogP) is 3.83. The Kier molecular flexibility index (Phi) is 5.05. The number of para-hydroxylation sites is 1. The van der Waals surface area contributed by atoms with Crippen LogP contribution in [0.1, 0.15) is 5.56 Å². The van der Waals surface area contributed by atoms with Crippen LogP contribution in [0, 0.1) is 17.5 Å². The average molecular weight is 383 g/mol. The number of piperazine rings is 1. The molecule has 1 aromatic heterocycles. The normalized spacial score (nSPS) is 15.3. The highest BCUT2D eigenvalue weighted by Gasteiger charge is 2.20. The van der Waals surface area contributed by atoms with Gasteiger partial charge in [0.1, 0.15) is 5.82 Å². The summed E-state index contributed by atoms with van der Waals surface area (Å²) in [5, 5.41) is 3.30. The third-order valence-corrected chi connectivity index (χ3v) is 5.22. The Morgan fingerprint density at radius 1 is 1.04 bits per heavy atom. The summed E-state index contributed by atoms with van der Waals surface area (Å²) in [4.78, 5) is 8.87. The molecule has 0 bridgehead atoms. The van der Waals surface area contributed by atoms with Crippen LogP contribution in [0.3, 0.4) is 0 Å². The van der Waals surface area contributed by atoms with Crippen molar-refractivity contribution in [3.8, 4) is 11.4 Å². The summed E-state index contributed by atoms with van der Waals surface area (Å²) >= 11 is 5.42. The van der Waals surface area contributed by atoms with Crippen LogP contribution in [-0.4, -0.2) is 45.8 Å². The molecular formula is C20H22FN5S. The van der Waals surface area contributed by atoms with E-state index in [0.29, 0.717) is 17.1 Å². The molecule has 27 heavy (non-hydrogen) atoms. The van der Waals surface area contributed by atoms with Gasteiger partial charge in [-0.1, -0.05) is 42.0 Å². The molecule has 1 aliphatic heterocycles. The van der Waals surface area contributed by atoms with E-state index in [0.717, 1.165) is 37.6 Å². The molecule has 0 aliphatic carbocycles. The van der Waals surface area contributed by atoms with Crippen molar-refractivity contribution in [2.45, 2.75) is 13.6 Å². The topological polar surface area (TPSA) is 40.1 Å². The second-order valence-corrected chi connectivity index (χ2v) is 7.21. The minimum absolute atomic E-state index is 0.163. The largest absolute Gasteiger partial charge is 0.367 e. The van der Waals surface area contributed by atoms with E-state index in [1.54, 1.807) is 6.07 Å². The summed E-state index contributed by atoms with van der Waals surface area (Å²) in [6.07, 6.45) is 0. The van der Waals surface area contributed by atoms with Gasteiger partial charge < -0.3 is 4.90 Å². The third-order valence-electron chi connectivity index (χ3n) is 4.91. The maximum Gasteiger partial charge on any atom is 0.217 e. The highest BCUT2D eigenvalue weighted by atomic mass is 32.1. The van der Waals surface area contributed by atoms with Crippen LogP contribution in [0.15, 0.2) is 48.5 Å². The number of hydrogen-bond acceptors (Lipinski definition) is 4. The zero-order valence-electron chi connectivity index (χ0n) is 15.2. The molecule has 1 fully saturated rings. The maximum atomic E-state index is 14.0. The first-order valence-electron chi connectivity index (χ1n) is 9.06. The minimum Gasteiger partial charge on any atom is -0.367 e. The second-order valence-electron chi connectivity index (χ2n) is 6.85. The van der Waals surface area contributed by atoms with E-state index in [9.17, 15) is 4.39 Å². The fraction of sp³-hybridized carbons (Fsp3) is 0.300. The molecule has 7 heteroatoms. The summed E-state index contributed by atoms with van der Waals surface area (Å²) < 4.78 is 16.4. The first-order valence-corrected chi connectivity index (χ1v) is 9.47. The highest BCUT2D eigenvalue weighted by Crippen LogP contribution is 2.20. The number of benzene rings is 2. The molecule has 0 radical (unpaired) electrons. The van der Waals surface area contributed by atoms with Crippen LogP contribution < -0.4 is 4.90 Å². The molecule has 1 saturated heterocycles. The number of nitrogens with one attached hydrogen (secondary N) is 1. The lowest BCUT2D eigenvalue weighted by molar-refractivity contribution is 0.194. The van der Waals surface area contributed by atoms with E-state index >= 15 is 0 Å². The molecular weight excluding hydrogens is 361 g/mol. The van der Waals surface area contributed by atoms with Crippen LogP contribution in [0.25, 0.3) is 11.4 Å². The van der Waals surface area contributed by atoms with E-state index in [4.69, 9.17) is 12.2 Å². The Morgan fingerprint density at radius 3 is 2.44 bits per heavy atom. The fourth-order valence-electron chi connectivity index (χ4n) is 3.33. The number of nitrogens with zero attached hydrogens (tertiary/aromatic N) is 4. The number of anilines is 1. The molecule has 4 rings (SSSR count). The molecule has 2 heterocycles. The third kappa shape index (κ3) is 3.94. The van der Waals surface area contributed by atoms with E-state index in [2.05, 4.69) is 38.9 Å². The van der Waals surface area contributed by atoms with Crippen LogP contribution in [-0.2, 0) is 6.67 Å². The van der Waals surface area contributed by atoms with Crippen molar-refractivity contribution in [2.75, 3.05) is 31.1 Å². The summed E-state index contributed by atoms with van der Waals surface area (Å²) in [7, 11) is 0. The van der Waals surface area contributed by atoms with E-state index in [-0.39, 0.29) is 5.82 Å². The average Bonchev–Trinajstić information content (AvgIpc) is 3.04. The number of aromatic nitrogens is 3. The van der Waals surface area contributed by atoms with Gasteiger partial charge in [0, 0.05) is 31.7 Å². The van der Waals surface area contributed by atoms with Crippen molar-refractivity contribution in [1.82, 2.24) is 19.7 Å². The van der Waals surface area contributed by atoms with Crippen LogP contribution >= 0.6 is 12.2 Å². The smallest absolute Gasteiger partial charge is 0.217 e. The highest BCUT2D eigenvalue weighted by molar-refractivity contribution is 7.71. The standard InChI is InChI=1S/C20H22FN5S/c1-15-6-8-16(9-7-15)19-22-20(27)26(23-19)14-24-10-12-25(13-11-24)18-5-3-2-4-17(18)21/h2-9H,10-14H2,1H3,(H,22,23,27). The van der Waals surface area contributed by atoms with Crippen molar-refractivity contribution < 1.29 is 4.39 Å². The summed E-state index contributed by atoms with van der Waals surface area (Å²) in [5.41, 5.74) is 2.91. The van der Waals surface area contributed by atoms with Gasteiger partial charge in [-0.05, 0) is 31.3 Å². The van der Waals surface area contributed by atoms with Crippen molar-refractivity contribution >= 4 is 17.9 Å². The van der Waals surface area contributed by atoms with Gasteiger partial charge in [-0.2, -0.15) is 4.98 Å².